The van der Waals surface area contributed by atoms with Crippen LogP contribution >= 0.6 is 0 Å². The molecular formula is C15H18N2O3. The Labute approximate surface area is 117 Å². The fourth-order valence-electron chi connectivity index (χ4n) is 2.06. The Morgan fingerprint density at radius 3 is 2.50 bits per heavy atom. The molecule has 5 nitrogen and oxygen atoms in total. The summed E-state index contributed by atoms with van der Waals surface area (Å²) in [5.74, 6) is 1.48. The number of hydrogen-bond donors (Lipinski definition) is 1. The predicted molar refractivity (Wildman–Crippen MR) is 76.9 cm³/mol. The Balaban J connectivity index is 2.46. The van der Waals surface area contributed by atoms with E-state index in [1.165, 1.54) is 4.90 Å². The number of amides is 1. The standard InChI is InChI=1S/C15H18N2O3/c1-10-5-6-13(20-10)11-7-12(9-16-8-11)17(14(18)19)15(2,3)4/h5-9H,1-4H3,(H,18,19). The zero-order valence-electron chi connectivity index (χ0n) is 12.0. The van der Waals surface area contributed by atoms with Crippen LogP contribution < -0.4 is 4.90 Å². The molecule has 0 radical (unpaired) electrons. The Kier molecular flexibility index (Phi) is 3.53. The lowest BCUT2D eigenvalue weighted by Crippen LogP contribution is -2.45. The molecular weight excluding hydrogens is 256 g/mol. The van der Waals surface area contributed by atoms with Gasteiger partial charge < -0.3 is 9.52 Å². The number of nitrogens with zero attached hydrogens (tertiary/aromatic N) is 2. The number of rotatable bonds is 2. The fraction of sp³-hybridized carbons (Fsp3) is 0.333. The summed E-state index contributed by atoms with van der Waals surface area (Å²) in [6.07, 6.45) is 2.19. The minimum atomic E-state index is -1.01. The van der Waals surface area contributed by atoms with E-state index >= 15 is 0 Å². The number of furan rings is 1. The van der Waals surface area contributed by atoms with E-state index in [1.807, 2.05) is 39.8 Å². The fourth-order valence-corrected chi connectivity index (χ4v) is 2.06. The van der Waals surface area contributed by atoms with Gasteiger partial charge in [0.25, 0.3) is 0 Å². The van der Waals surface area contributed by atoms with Crippen LogP contribution in [0.3, 0.4) is 0 Å². The highest BCUT2D eigenvalue weighted by molar-refractivity contribution is 5.88. The molecule has 0 saturated carbocycles. The molecule has 2 aromatic heterocycles. The van der Waals surface area contributed by atoms with Gasteiger partial charge in [0.05, 0.1) is 11.9 Å². The van der Waals surface area contributed by atoms with Crippen molar-refractivity contribution in [2.24, 2.45) is 0 Å². The lowest BCUT2D eigenvalue weighted by molar-refractivity contribution is 0.195. The maximum absolute atomic E-state index is 11.5. The van der Waals surface area contributed by atoms with Gasteiger partial charge >= 0.3 is 6.09 Å². The number of aryl methyl sites for hydroxylation is 1. The summed E-state index contributed by atoms with van der Waals surface area (Å²) in [5, 5.41) is 9.40. The Morgan fingerprint density at radius 1 is 1.30 bits per heavy atom. The van der Waals surface area contributed by atoms with Crippen molar-refractivity contribution in [3.8, 4) is 11.3 Å². The van der Waals surface area contributed by atoms with Crippen molar-refractivity contribution in [2.75, 3.05) is 4.90 Å². The van der Waals surface area contributed by atoms with E-state index in [4.69, 9.17) is 4.42 Å². The van der Waals surface area contributed by atoms with Crippen LogP contribution in [0.5, 0.6) is 0 Å². The third-order valence-corrected chi connectivity index (χ3v) is 2.87. The molecule has 0 aromatic carbocycles. The molecule has 0 aliphatic carbocycles. The van der Waals surface area contributed by atoms with Crippen LogP contribution in [0.15, 0.2) is 35.0 Å². The summed E-state index contributed by atoms with van der Waals surface area (Å²) >= 11 is 0. The highest BCUT2D eigenvalue weighted by Gasteiger charge is 2.28. The molecule has 2 heterocycles. The van der Waals surface area contributed by atoms with E-state index in [0.717, 1.165) is 11.3 Å². The lowest BCUT2D eigenvalue weighted by atomic mass is 10.1. The molecule has 0 aliphatic rings. The van der Waals surface area contributed by atoms with Crippen molar-refractivity contribution in [1.29, 1.82) is 0 Å². The van der Waals surface area contributed by atoms with Crippen molar-refractivity contribution in [3.05, 3.63) is 36.4 Å². The summed E-state index contributed by atoms with van der Waals surface area (Å²) in [4.78, 5) is 16.9. The molecule has 2 aromatic rings. The Hall–Kier alpha value is -2.30. The highest BCUT2D eigenvalue weighted by atomic mass is 16.4. The predicted octanol–water partition coefficient (Wildman–Crippen LogP) is 3.93. The van der Waals surface area contributed by atoms with Crippen LogP contribution in [0.4, 0.5) is 10.5 Å². The van der Waals surface area contributed by atoms with Crippen molar-refractivity contribution >= 4 is 11.8 Å². The zero-order valence-corrected chi connectivity index (χ0v) is 12.0. The van der Waals surface area contributed by atoms with Crippen LogP contribution in [0, 0.1) is 6.92 Å². The van der Waals surface area contributed by atoms with E-state index < -0.39 is 11.6 Å². The molecule has 0 unspecified atom stereocenters. The Morgan fingerprint density at radius 2 is 2.00 bits per heavy atom. The Bertz CT molecular complexity index is 626. The minimum Gasteiger partial charge on any atom is -0.465 e. The first kappa shape index (κ1) is 14.1. The quantitative estimate of drug-likeness (QED) is 0.900. The molecule has 20 heavy (non-hydrogen) atoms. The van der Waals surface area contributed by atoms with E-state index in [9.17, 15) is 9.90 Å². The van der Waals surface area contributed by atoms with Gasteiger partial charge in [0.2, 0.25) is 0 Å². The first-order chi connectivity index (χ1) is 9.29. The number of hydrogen-bond acceptors (Lipinski definition) is 3. The second kappa shape index (κ2) is 5.00. The van der Waals surface area contributed by atoms with Gasteiger partial charge in [0.15, 0.2) is 0 Å². The maximum Gasteiger partial charge on any atom is 0.412 e. The molecule has 0 spiro atoms. The van der Waals surface area contributed by atoms with Crippen molar-refractivity contribution in [1.82, 2.24) is 4.98 Å². The monoisotopic (exact) mass is 274 g/mol. The summed E-state index contributed by atoms with van der Waals surface area (Å²) in [7, 11) is 0. The van der Waals surface area contributed by atoms with Gasteiger partial charge in [0.1, 0.15) is 11.5 Å². The second-order valence-corrected chi connectivity index (χ2v) is 5.63. The topological polar surface area (TPSA) is 66.6 Å². The zero-order chi connectivity index (χ0) is 14.9. The van der Waals surface area contributed by atoms with Gasteiger partial charge in [-0.3, -0.25) is 9.88 Å². The third-order valence-electron chi connectivity index (χ3n) is 2.87. The summed E-state index contributed by atoms with van der Waals surface area (Å²) in [6.45, 7) is 7.37. The number of pyridine rings is 1. The van der Waals surface area contributed by atoms with E-state index in [1.54, 1.807) is 18.5 Å². The highest BCUT2D eigenvalue weighted by Crippen LogP contribution is 2.28. The average Bonchev–Trinajstić information content (AvgIpc) is 2.74. The number of aromatic nitrogens is 1. The van der Waals surface area contributed by atoms with Crippen molar-refractivity contribution < 1.29 is 14.3 Å². The smallest absolute Gasteiger partial charge is 0.412 e. The molecule has 0 bridgehead atoms. The molecule has 0 saturated heterocycles. The van der Waals surface area contributed by atoms with Crippen molar-refractivity contribution in [2.45, 2.75) is 33.2 Å². The van der Waals surface area contributed by atoms with Crippen LogP contribution in [0.2, 0.25) is 0 Å². The van der Waals surface area contributed by atoms with Gasteiger partial charge in [-0.25, -0.2) is 4.79 Å². The molecule has 2 rings (SSSR count). The van der Waals surface area contributed by atoms with Crippen LogP contribution in [0.1, 0.15) is 26.5 Å². The van der Waals surface area contributed by atoms with Crippen LogP contribution in [-0.4, -0.2) is 21.7 Å². The van der Waals surface area contributed by atoms with Gasteiger partial charge in [-0.15, -0.1) is 0 Å². The summed E-state index contributed by atoms with van der Waals surface area (Å²) in [6, 6.07) is 5.48. The number of carbonyl (C=O) groups is 1. The molecule has 5 heteroatoms. The average molecular weight is 274 g/mol. The number of carboxylic acid groups (broad SMARTS) is 1. The summed E-state index contributed by atoms with van der Waals surface area (Å²) < 4.78 is 5.54. The molecule has 106 valence electrons. The number of anilines is 1. The molecule has 1 N–H and O–H groups in total. The normalized spacial score (nSPS) is 11.4. The van der Waals surface area contributed by atoms with Crippen LogP contribution in [-0.2, 0) is 0 Å². The van der Waals surface area contributed by atoms with Gasteiger partial charge in [-0.2, -0.15) is 0 Å². The lowest BCUT2D eigenvalue weighted by Gasteiger charge is -2.32. The first-order valence-electron chi connectivity index (χ1n) is 6.34. The maximum atomic E-state index is 11.5. The largest absolute Gasteiger partial charge is 0.465 e. The second-order valence-electron chi connectivity index (χ2n) is 5.63. The third kappa shape index (κ3) is 2.82. The van der Waals surface area contributed by atoms with Gasteiger partial charge in [0, 0.05) is 17.3 Å². The van der Waals surface area contributed by atoms with Crippen molar-refractivity contribution in [3.63, 3.8) is 0 Å². The van der Waals surface area contributed by atoms with Gasteiger partial charge in [-0.05, 0) is 45.9 Å². The summed E-state index contributed by atoms with van der Waals surface area (Å²) in [5.41, 5.74) is 0.730. The molecule has 0 aliphatic heterocycles. The molecule has 0 fully saturated rings. The van der Waals surface area contributed by atoms with E-state index in [2.05, 4.69) is 4.98 Å². The molecule has 0 atom stereocenters. The SMILES string of the molecule is Cc1ccc(-c2cncc(N(C(=O)O)C(C)(C)C)c2)o1. The minimum absolute atomic E-state index is 0.525. The first-order valence-corrected chi connectivity index (χ1v) is 6.34. The molecule has 1 amide bonds. The van der Waals surface area contributed by atoms with Crippen LogP contribution in [0.25, 0.3) is 11.3 Å². The van der Waals surface area contributed by atoms with E-state index in [0.29, 0.717) is 11.4 Å². The van der Waals surface area contributed by atoms with E-state index in [-0.39, 0.29) is 0 Å². The van der Waals surface area contributed by atoms with Gasteiger partial charge in [-0.1, -0.05) is 0 Å².